The quantitative estimate of drug-likeness (QED) is 0.303. The number of hydrogen-bond acceptors (Lipinski definition) is 8. The summed E-state index contributed by atoms with van der Waals surface area (Å²) in [4.78, 5) is 21.8. The van der Waals surface area contributed by atoms with Crippen molar-refractivity contribution in [2.24, 2.45) is 5.10 Å². The van der Waals surface area contributed by atoms with Gasteiger partial charge >= 0.3 is 0 Å². The van der Waals surface area contributed by atoms with Crippen LogP contribution in [0.4, 0.5) is 5.69 Å². The van der Waals surface area contributed by atoms with Crippen LogP contribution in [0.15, 0.2) is 124 Å². The van der Waals surface area contributed by atoms with Gasteiger partial charge in [-0.1, -0.05) is 90.6 Å². The highest BCUT2D eigenvalue weighted by atomic mass is 32.2. The van der Waals surface area contributed by atoms with E-state index in [9.17, 15) is 4.79 Å². The molecule has 8 nitrogen and oxygen atoms in total. The second kappa shape index (κ2) is 10.2. The average molecular weight is 507 g/mol. The third kappa shape index (κ3) is 4.76. The molecule has 0 saturated heterocycles. The molecule has 0 aliphatic carbocycles. The fourth-order valence-electron chi connectivity index (χ4n) is 4.13. The summed E-state index contributed by atoms with van der Waals surface area (Å²) in [7, 11) is 0. The second-order valence-corrected chi connectivity index (χ2v) is 9.18. The van der Waals surface area contributed by atoms with Gasteiger partial charge in [0.25, 0.3) is 5.22 Å². The largest absolute Gasteiger partial charge is 0.430 e. The summed E-state index contributed by atoms with van der Waals surface area (Å²) in [5, 5.41) is 9.13. The van der Waals surface area contributed by atoms with Gasteiger partial charge < -0.3 is 4.42 Å². The van der Waals surface area contributed by atoms with Crippen LogP contribution < -0.4 is 10.4 Å². The van der Waals surface area contributed by atoms with E-state index >= 15 is 0 Å². The fourth-order valence-corrected chi connectivity index (χ4v) is 4.75. The van der Waals surface area contributed by atoms with Gasteiger partial charge in [0.05, 0.1) is 11.4 Å². The lowest BCUT2D eigenvalue weighted by atomic mass is 10.1. The molecule has 1 aliphatic heterocycles. The summed E-state index contributed by atoms with van der Waals surface area (Å²) >= 11 is 1.22. The Hall–Kier alpha value is -4.63. The van der Waals surface area contributed by atoms with Crippen molar-refractivity contribution in [1.82, 2.24) is 20.4 Å². The molecule has 9 heteroatoms. The molecular weight excluding hydrogens is 484 g/mol. The van der Waals surface area contributed by atoms with Crippen molar-refractivity contribution >= 4 is 40.4 Å². The van der Waals surface area contributed by atoms with E-state index in [0.717, 1.165) is 16.8 Å². The number of nitrogens with one attached hydrogen (secondary N) is 1. The summed E-state index contributed by atoms with van der Waals surface area (Å²) in [5.74, 6) is 0.542. The molecule has 0 spiro atoms. The maximum absolute atomic E-state index is 13.3. The number of pyridine rings is 1. The number of carbonyl (C=O) groups excluding carboxylic acids is 1. The molecule has 37 heavy (non-hydrogen) atoms. The number of para-hydroxylation sites is 1. The number of rotatable bonds is 7. The Morgan fingerprint density at radius 2 is 1.59 bits per heavy atom. The van der Waals surface area contributed by atoms with Crippen molar-refractivity contribution in [2.75, 3.05) is 10.8 Å². The third-order valence-corrected chi connectivity index (χ3v) is 6.60. The molecule has 0 fully saturated rings. The number of benzene rings is 3. The van der Waals surface area contributed by atoms with Crippen LogP contribution in [-0.2, 0) is 4.79 Å². The number of hydrogen-bond donors (Lipinski definition) is 1. The van der Waals surface area contributed by atoms with Gasteiger partial charge in [0.15, 0.2) is 23.2 Å². The summed E-state index contributed by atoms with van der Waals surface area (Å²) in [5.41, 5.74) is 6.99. The summed E-state index contributed by atoms with van der Waals surface area (Å²) in [6.07, 6.45) is 1.27. The van der Waals surface area contributed by atoms with Crippen molar-refractivity contribution in [3.05, 3.63) is 120 Å². The molecule has 0 saturated carbocycles. The zero-order valence-electron chi connectivity index (χ0n) is 19.6. The third-order valence-electron chi connectivity index (χ3n) is 5.77. The first-order valence-electron chi connectivity index (χ1n) is 11.7. The molecule has 3 heterocycles. The van der Waals surface area contributed by atoms with Gasteiger partial charge in [0.2, 0.25) is 5.91 Å². The van der Waals surface area contributed by atoms with Gasteiger partial charge in [0.1, 0.15) is 0 Å². The number of nitrogens with zero attached hydrogens (tertiary/aromatic N) is 5. The zero-order chi connectivity index (χ0) is 25.0. The summed E-state index contributed by atoms with van der Waals surface area (Å²) in [6, 6.07) is 33.3. The normalized spacial score (nSPS) is 15.1. The van der Waals surface area contributed by atoms with Gasteiger partial charge in [-0.2, -0.15) is 4.98 Å². The van der Waals surface area contributed by atoms with Crippen LogP contribution >= 0.6 is 11.8 Å². The zero-order valence-corrected chi connectivity index (χ0v) is 20.5. The van der Waals surface area contributed by atoms with Gasteiger partial charge in [-0.3, -0.25) is 10.2 Å². The van der Waals surface area contributed by atoms with Crippen molar-refractivity contribution in [3.63, 3.8) is 0 Å². The first-order valence-corrected chi connectivity index (χ1v) is 12.7. The highest BCUT2D eigenvalue weighted by Gasteiger charge is 2.38. The molecule has 1 unspecified atom stereocenters. The molecule has 1 N–H and O–H groups in total. The Bertz CT molecular complexity index is 1510. The first kappa shape index (κ1) is 22.8. The monoisotopic (exact) mass is 506 g/mol. The number of carbonyl (C=O) groups is 1. The number of amides is 1. The maximum atomic E-state index is 13.3. The average Bonchev–Trinajstić information content (AvgIpc) is 3.55. The van der Waals surface area contributed by atoms with E-state index in [1.807, 2.05) is 101 Å². The molecule has 1 atom stereocenters. The molecule has 0 radical (unpaired) electrons. The van der Waals surface area contributed by atoms with E-state index < -0.39 is 0 Å². The minimum absolute atomic E-state index is 0.109. The lowest BCUT2D eigenvalue weighted by Crippen LogP contribution is -2.48. The number of hydrazone groups is 1. The Kier molecular flexibility index (Phi) is 6.26. The first-order chi connectivity index (χ1) is 18.3. The van der Waals surface area contributed by atoms with Gasteiger partial charge in [-0.05, 0) is 29.8 Å². The second-order valence-electron chi connectivity index (χ2n) is 8.25. The van der Waals surface area contributed by atoms with E-state index in [2.05, 4.69) is 15.4 Å². The van der Waals surface area contributed by atoms with Crippen LogP contribution in [0.2, 0.25) is 0 Å². The highest BCUT2D eigenvalue weighted by molar-refractivity contribution is 7.99. The number of aromatic nitrogens is 2. The molecule has 1 amide bonds. The van der Waals surface area contributed by atoms with Crippen molar-refractivity contribution in [2.45, 2.75) is 11.4 Å². The van der Waals surface area contributed by atoms with E-state index in [4.69, 9.17) is 9.52 Å². The van der Waals surface area contributed by atoms with Crippen LogP contribution in [0.5, 0.6) is 0 Å². The minimum atomic E-state index is -0.388. The van der Waals surface area contributed by atoms with Gasteiger partial charge in [-0.15, -0.1) is 5.10 Å². The van der Waals surface area contributed by atoms with E-state index in [-0.39, 0.29) is 17.8 Å². The SMILES string of the molecule is O=C(CSc1nc2ncccc2o1)NN1C(c2ccccc2)=NN(c2ccccc2)C1c1ccccc1. The number of anilines is 1. The van der Waals surface area contributed by atoms with Crippen LogP contribution in [0.3, 0.4) is 0 Å². The molecular formula is C28H22N6O2S. The van der Waals surface area contributed by atoms with Crippen LogP contribution in [0.1, 0.15) is 17.3 Å². The number of oxazole rings is 1. The predicted octanol–water partition coefficient (Wildman–Crippen LogP) is 5.23. The Morgan fingerprint density at radius 1 is 0.892 bits per heavy atom. The van der Waals surface area contributed by atoms with E-state index in [0.29, 0.717) is 22.3 Å². The van der Waals surface area contributed by atoms with Crippen LogP contribution in [-0.4, -0.2) is 32.5 Å². The Balaban J connectivity index is 1.31. The van der Waals surface area contributed by atoms with Crippen LogP contribution in [0, 0.1) is 0 Å². The molecule has 5 aromatic rings. The number of thioether (sulfide) groups is 1. The molecule has 1 aliphatic rings. The maximum Gasteiger partial charge on any atom is 0.258 e. The molecule has 2 aromatic heterocycles. The van der Waals surface area contributed by atoms with E-state index in [1.165, 1.54) is 11.8 Å². The van der Waals surface area contributed by atoms with Crippen molar-refractivity contribution < 1.29 is 9.21 Å². The van der Waals surface area contributed by atoms with Gasteiger partial charge in [-0.25, -0.2) is 15.0 Å². The van der Waals surface area contributed by atoms with Crippen molar-refractivity contribution in [1.29, 1.82) is 0 Å². The summed E-state index contributed by atoms with van der Waals surface area (Å²) in [6.45, 7) is 0. The summed E-state index contributed by atoms with van der Waals surface area (Å²) < 4.78 is 5.71. The Labute approximate surface area is 217 Å². The lowest BCUT2D eigenvalue weighted by molar-refractivity contribution is -0.122. The molecule has 182 valence electrons. The van der Waals surface area contributed by atoms with Crippen molar-refractivity contribution in [3.8, 4) is 0 Å². The standard InChI is InChI=1S/C28H22N6O2S/c35-24(19-37-28-30-25-23(36-28)17-10-18-29-25)31-34-26(20-11-4-1-5-12-20)32-33(22-15-8-3-9-16-22)27(34)21-13-6-2-7-14-21/h1-18,27H,19H2,(H,31,35). The highest BCUT2D eigenvalue weighted by Crippen LogP contribution is 2.36. The van der Waals surface area contributed by atoms with Gasteiger partial charge in [0, 0.05) is 11.8 Å². The number of fused-ring (bicyclic) bond motifs is 1. The number of hydrazine groups is 1. The lowest BCUT2D eigenvalue weighted by Gasteiger charge is -2.32. The fraction of sp³-hybridized carbons (Fsp3) is 0.0714. The molecule has 3 aromatic carbocycles. The smallest absolute Gasteiger partial charge is 0.258 e. The van der Waals surface area contributed by atoms with E-state index in [1.54, 1.807) is 18.3 Å². The number of amidine groups is 1. The Morgan fingerprint density at radius 3 is 2.32 bits per heavy atom. The molecule has 6 rings (SSSR count). The minimum Gasteiger partial charge on any atom is -0.430 e. The van der Waals surface area contributed by atoms with Crippen LogP contribution in [0.25, 0.3) is 11.2 Å². The predicted molar refractivity (Wildman–Crippen MR) is 144 cm³/mol. The molecule has 0 bridgehead atoms. The topological polar surface area (TPSA) is 86.9 Å².